The number of urea groups is 1. The first-order chi connectivity index (χ1) is 16.8. The third-order valence-corrected chi connectivity index (χ3v) is 5.88. The van der Waals surface area contributed by atoms with Crippen molar-refractivity contribution in [3.63, 3.8) is 0 Å². The van der Waals surface area contributed by atoms with Crippen molar-refractivity contribution in [3.05, 3.63) is 65.2 Å². The standard InChI is InChI=1S/C25H32F5N3O3/c1-16(23(36-4)14-32(3)13-18-11-20(26)7-10-22(18)27)12-33(17(2)15-34)24(35)31-21-8-5-19(6-9-21)25(28,29)30/h5-11,16-17,23,34H,12-15H2,1-4H3,(H,31,35)/t16-,17+,23+/m0/s1. The van der Waals surface area contributed by atoms with Gasteiger partial charge in [-0.25, -0.2) is 13.6 Å². The van der Waals surface area contributed by atoms with Gasteiger partial charge in [-0.1, -0.05) is 6.92 Å². The van der Waals surface area contributed by atoms with Gasteiger partial charge in [-0.05, 0) is 56.4 Å². The lowest BCUT2D eigenvalue weighted by Gasteiger charge is -2.34. The lowest BCUT2D eigenvalue weighted by Crippen LogP contribution is -2.48. The second-order valence-corrected chi connectivity index (χ2v) is 8.87. The largest absolute Gasteiger partial charge is 0.416 e. The van der Waals surface area contributed by atoms with Gasteiger partial charge in [0.2, 0.25) is 0 Å². The second kappa shape index (κ2) is 13.0. The summed E-state index contributed by atoms with van der Waals surface area (Å²) in [7, 11) is 3.23. The number of aliphatic hydroxyl groups excluding tert-OH is 1. The van der Waals surface area contributed by atoms with Crippen molar-refractivity contribution in [1.82, 2.24) is 9.80 Å². The Bertz CT molecular complexity index is 988. The van der Waals surface area contributed by atoms with E-state index in [0.29, 0.717) is 6.54 Å². The molecule has 200 valence electrons. The molecule has 0 fully saturated rings. The highest BCUT2D eigenvalue weighted by Crippen LogP contribution is 2.30. The van der Waals surface area contributed by atoms with Gasteiger partial charge in [0.15, 0.2) is 0 Å². The van der Waals surface area contributed by atoms with Crippen molar-refractivity contribution in [1.29, 1.82) is 0 Å². The number of likely N-dealkylation sites (N-methyl/N-ethyl adjacent to an activating group) is 1. The maximum Gasteiger partial charge on any atom is 0.416 e. The maximum absolute atomic E-state index is 14.0. The Labute approximate surface area is 207 Å². The third kappa shape index (κ3) is 8.42. The van der Waals surface area contributed by atoms with E-state index in [2.05, 4.69) is 5.32 Å². The quantitative estimate of drug-likeness (QED) is 0.413. The summed E-state index contributed by atoms with van der Waals surface area (Å²) in [5.74, 6) is -1.31. The molecule has 2 aromatic carbocycles. The fraction of sp³-hybridized carbons (Fsp3) is 0.480. The molecule has 36 heavy (non-hydrogen) atoms. The minimum atomic E-state index is -4.49. The van der Waals surface area contributed by atoms with Crippen molar-refractivity contribution < 1.29 is 36.6 Å². The number of methoxy groups -OCH3 is 1. The Kier molecular flexibility index (Phi) is 10.6. The zero-order valence-corrected chi connectivity index (χ0v) is 20.6. The number of amides is 2. The molecule has 2 aromatic rings. The van der Waals surface area contributed by atoms with Crippen LogP contribution in [0.2, 0.25) is 0 Å². The van der Waals surface area contributed by atoms with Gasteiger partial charge in [0, 0.05) is 43.9 Å². The van der Waals surface area contributed by atoms with Gasteiger partial charge in [-0.2, -0.15) is 13.2 Å². The first-order valence-corrected chi connectivity index (χ1v) is 11.4. The third-order valence-electron chi connectivity index (χ3n) is 5.88. The molecule has 6 nitrogen and oxygen atoms in total. The molecule has 3 atom stereocenters. The number of halogens is 5. The molecule has 0 bridgehead atoms. The maximum atomic E-state index is 14.0. The average Bonchev–Trinajstić information content (AvgIpc) is 2.82. The normalized spacial score (nSPS) is 14.4. The van der Waals surface area contributed by atoms with Gasteiger partial charge >= 0.3 is 12.2 Å². The number of nitrogens with zero attached hydrogens (tertiary/aromatic N) is 2. The summed E-state index contributed by atoms with van der Waals surface area (Å²) in [6.07, 6.45) is -4.89. The topological polar surface area (TPSA) is 65.0 Å². The van der Waals surface area contributed by atoms with Crippen LogP contribution in [0.15, 0.2) is 42.5 Å². The molecule has 0 spiro atoms. The Morgan fingerprint density at radius 3 is 2.28 bits per heavy atom. The van der Waals surface area contributed by atoms with Gasteiger partial charge in [0.05, 0.1) is 24.3 Å². The van der Waals surface area contributed by atoms with E-state index in [9.17, 15) is 31.9 Å². The summed E-state index contributed by atoms with van der Waals surface area (Å²) in [6, 6.07) is 6.13. The van der Waals surface area contributed by atoms with Gasteiger partial charge in [0.25, 0.3) is 0 Å². The second-order valence-electron chi connectivity index (χ2n) is 8.87. The fourth-order valence-corrected chi connectivity index (χ4v) is 3.74. The highest BCUT2D eigenvalue weighted by molar-refractivity contribution is 5.89. The lowest BCUT2D eigenvalue weighted by molar-refractivity contribution is -0.137. The average molecular weight is 518 g/mol. The first-order valence-electron chi connectivity index (χ1n) is 11.4. The molecule has 0 saturated carbocycles. The number of ether oxygens (including phenoxy) is 1. The van der Waals surface area contributed by atoms with Crippen LogP contribution in [0.4, 0.5) is 32.4 Å². The molecule has 2 rings (SSSR count). The van der Waals surface area contributed by atoms with Gasteiger partial charge in [-0.3, -0.25) is 4.90 Å². The molecular weight excluding hydrogens is 485 g/mol. The first kappa shape index (κ1) is 29.5. The van der Waals surface area contributed by atoms with Gasteiger partial charge in [-0.15, -0.1) is 0 Å². The van der Waals surface area contributed by atoms with Gasteiger partial charge < -0.3 is 20.1 Å². The van der Waals surface area contributed by atoms with Crippen molar-refractivity contribution in [2.24, 2.45) is 5.92 Å². The van der Waals surface area contributed by atoms with Gasteiger partial charge in [0.1, 0.15) is 11.6 Å². The van der Waals surface area contributed by atoms with Crippen molar-refractivity contribution >= 4 is 11.7 Å². The Morgan fingerprint density at radius 2 is 1.72 bits per heavy atom. The predicted molar refractivity (Wildman–Crippen MR) is 126 cm³/mol. The molecule has 0 aromatic heterocycles. The number of rotatable bonds is 11. The van der Waals surface area contributed by atoms with Crippen LogP contribution in [0.1, 0.15) is 25.0 Å². The van der Waals surface area contributed by atoms with Crippen LogP contribution >= 0.6 is 0 Å². The molecule has 0 aliphatic rings. The van der Waals surface area contributed by atoms with Crippen molar-refractivity contribution in [2.45, 2.75) is 38.7 Å². The summed E-state index contributed by atoms with van der Waals surface area (Å²) in [4.78, 5) is 16.1. The van der Waals surface area contributed by atoms with Crippen LogP contribution < -0.4 is 5.32 Å². The van der Waals surface area contributed by atoms with Crippen LogP contribution in [-0.4, -0.2) is 66.9 Å². The summed E-state index contributed by atoms with van der Waals surface area (Å²) in [6.45, 7) is 3.79. The smallest absolute Gasteiger partial charge is 0.394 e. The van der Waals surface area contributed by atoms with Crippen LogP contribution in [0, 0.1) is 17.6 Å². The molecular formula is C25H32F5N3O3. The predicted octanol–water partition coefficient (Wildman–Crippen LogP) is 4.98. The number of alkyl halides is 3. The minimum Gasteiger partial charge on any atom is -0.394 e. The number of aliphatic hydroxyl groups is 1. The van der Waals surface area contributed by atoms with E-state index in [0.717, 1.165) is 42.5 Å². The van der Waals surface area contributed by atoms with Crippen LogP contribution in [-0.2, 0) is 17.5 Å². The van der Waals surface area contributed by atoms with Crippen molar-refractivity contribution in [3.8, 4) is 0 Å². The van der Waals surface area contributed by atoms with E-state index in [4.69, 9.17) is 4.74 Å². The fourth-order valence-electron chi connectivity index (χ4n) is 3.74. The van der Waals surface area contributed by atoms with E-state index >= 15 is 0 Å². The van der Waals surface area contributed by atoms with E-state index in [1.165, 1.54) is 12.0 Å². The number of hydrogen-bond donors (Lipinski definition) is 2. The molecule has 11 heteroatoms. The Hall–Kier alpha value is -2.76. The number of hydrogen-bond acceptors (Lipinski definition) is 4. The number of carbonyl (C=O) groups is 1. The van der Waals surface area contributed by atoms with E-state index in [-0.39, 0.29) is 36.9 Å². The highest BCUT2D eigenvalue weighted by atomic mass is 19.4. The molecule has 2 N–H and O–H groups in total. The Balaban J connectivity index is 2.06. The zero-order chi connectivity index (χ0) is 27.0. The minimum absolute atomic E-state index is 0.140. The number of anilines is 1. The highest BCUT2D eigenvalue weighted by Gasteiger charge is 2.30. The molecule has 0 radical (unpaired) electrons. The zero-order valence-electron chi connectivity index (χ0n) is 20.6. The molecule has 0 unspecified atom stereocenters. The van der Waals surface area contributed by atoms with E-state index in [1.807, 2.05) is 6.92 Å². The monoisotopic (exact) mass is 517 g/mol. The summed E-state index contributed by atoms with van der Waals surface area (Å²) < 4.78 is 71.5. The molecule has 0 aliphatic heterocycles. The van der Waals surface area contributed by atoms with E-state index in [1.54, 1.807) is 18.9 Å². The number of nitrogens with one attached hydrogen (secondary N) is 1. The van der Waals surface area contributed by atoms with Crippen LogP contribution in [0.25, 0.3) is 0 Å². The summed E-state index contributed by atoms with van der Waals surface area (Å²) >= 11 is 0. The Morgan fingerprint density at radius 1 is 1.08 bits per heavy atom. The molecule has 0 aliphatic carbocycles. The number of carbonyl (C=O) groups excluding carboxylic acids is 1. The molecule has 0 heterocycles. The summed E-state index contributed by atoms with van der Waals surface area (Å²) in [5, 5.41) is 12.2. The SMILES string of the molecule is CO[C@H](CN(C)Cc1cc(F)ccc1F)[C@@H](C)CN(C(=O)Nc1ccc(C(F)(F)F)cc1)[C@H](C)CO. The lowest BCUT2D eigenvalue weighted by atomic mass is 10.0. The van der Waals surface area contributed by atoms with Crippen LogP contribution in [0.3, 0.4) is 0 Å². The van der Waals surface area contributed by atoms with E-state index < -0.39 is 41.6 Å². The summed E-state index contributed by atoms with van der Waals surface area (Å²) in [5.41, 5.74) is -0.456. The van der Waals surface area contributed by atoms with Crippen LogP contribution in [0.5, 0.6) is 0 Å². The number of benzene rings is 2. The molecule has 2 amide bonds. The van der Waals surface area contributed by atoms with Crippen molar-refractivity contribution in [2.75, 3.05) is 39.2 Å². The molecule has 0 saturated heterocycles.